The number of azide groups is 1. The zero-order valence-electron chi connectivity index (χ0n) is 21.4. The summed E-state index contributed by atoms with van der Waals surface area (Å²) in [6.07, 6.45) is -1.81. The molecule has 1 unspecified atom stereocenters. The van der Waals surface area contributed by atoms with E-state index in [1.54, 1.807) is 12.1 Å². The molecule has 208 valence electrons. The molecule has 1 fully saturated rings. The summed E-state index contributed by atoms with van der Waals surface area (Å²) in [4.78, 5) is 16.1. The third-order valence-electron chi connectivity index (χ3n) is 6.52. The van der Waals surface area contributed by atoms with Gasteiger partial charge in [-0.3, -0.25) is 9.69 Å². The van der Waals surface area contributed by atoms with Crippen LogP contribution in [0.3, 0.4) is 0 Å². The second-order valence-electron chi connectivity index (χ2n) is 9.66. The van der Waals surface area contributed by atoms with Gasteiger partial charge in [-0.05, 0) is 73.3 Å². The Morgan fingerprint density at radius 2 is 2.13 bits per heavy atom. The van der Waals surface area contributed by atoms with E-state index in [1.807, 2.05) is 12.1 Å². The number of alkyl halides is 3. The van der Waals surface area contributed by atoms with Crippen LogP contribution >= 0.6 is 0 Å². The van der Waals surface area contributed by atoms with E-state index in [0.717, 1.165) is 30.2 Å². The lowest BCUT2D eigenvalue weighted by atomic mass is 9.97. The van der Waals surface area contributed by atoms with Crippen LogP contribution < -0.4 is 14.2 Å². The number of carbonyl (C=O) groups is 1. The van der Waals surface area contributed by atoms with Crippen molar-refractivity contribution in [3.05, 3.63) is 69.1 Å². The minimum Gasteiger partial charge on any atom is -0.490 e. The van der Waals surface area contributed by atoms with Crippen molar-refractivity contribution in [2.45, 2.75) is 38.7 Å². The van der Waals surface area contributed by atoms with Crippen molar-refractivity contribution in [2.24, 2.45) is 11.0 Å². The molecule has 0 spiro atoms. The largest absolute Gasteiger partial charge is 0.490 e. The third kappa shape index (κ3) is 7.58. The zero-order chi connectivity index (χ0) is 28.0. The Labute approximate surface area is 223 Å². The number of fused-ring (bicyclic) bond motifs is 1. The number of hydrogen-bond donors (Lipinski definition) is 1. The van der Waals surface area contributed by atoms with Gasteiger partial charge >= 0.3 is 12.1 Å². The molecule has 12 heteroatoms. The van der Waals surface area contributed by atoms with Crippen molar-refractivity contribution in [2.75, 3.05) is 32.8 Å². The molecule has 4 rings (SSSR count). The fraction of sp³-hybridized carbons (Fsp3) is 0.444. The second-order valence-corrected chi connectivity index (χ2v) is 9.66. The molecule has 2 aliphatic rings. The molecule has 0 aromatic heterocycles. The molecule has 9 nitrogen and oxygen atoms in total. The van der Waals surface area contributed by atoms with E-state index in [1.165, 1.54) is 19.1 Å². The normalized spacial score (nSPS) is 18.2. The van der Waals surface area contributed by atoms with Crippen LogP contribution in [0, 0.1) is 5.92 Å². The number of rotatable bonds is 10. The molecule has 1 N–H and O–H groups in total. The highest BCUT2D eigenvalue weighted by molar-refractivity contribution is 5.70. The number of ether oxygens (including phenoxy) is 3. The number of nitrogens with zero attached hydrogens (tertiary/aromatic N) is 4. The number of piperidine rings is 1. The molecule has 2 heterocycles. The quantitative estimate of drug-likeness (QED) is 0.224. The fourth-order valence-corrected chi connectivity index (χ4v) is 4.62. The summed E-state index contributed by atoms with van der Waals surface area (Å²) in [5.74, 6) is -0.406. The van der Waals surface area contributed by atoms with Crippen LogP contribution in [0.1, 0.15) is 36.5 Å². The average molecular weight is 547 g/mol. The van der Waals surface area contributed by atoms with Gasteiger partial charge in [0.1, 0.15) is 36.6 Å². The van der Waals surface area contributed by atoms with Crippen molar-refractivity contribution >= 4 is 12.0 Å². The van der Waals surface area contributed by atoms with Gasteiger partial charge in [0.25, 0.3) is 0 Å². The smallest absolute Gasteiger partial charge is 0.419 e. The zero-order valence-corrected chi connectivity index (χ0v) is 21.4. The predicted octanol–water partition coefficient (Wildman–Crippen LogP) is 5.93. The minimum absolute atomic E-state index is 0.0980. The minimum atomic E-state index is -4.64. The van der Waals surface area contributed by atoms with Crippen LogP contribution in [0.25, 0.3) is 16.5 Å². The Morgan fingerprint density at radius 1 is 1.31 bits per heavy atom. The maximum Gasteiger partial charge on any atom is 0.419 e. The highest BCUT2D eigenvalue weighted by Gasteiger charge is 2.35. The monoisotopic (exact) mass is 546 g/mol. The molecule has 39 heavy (non-hydrogen) atoms. The van der Waals surface area contributed by atoms with Crippen molar-refractivity contribution < 1.29 is 37.3 Å². The third-order valence-corrected chi connectivity index (χ3v) is 6.52. The molecular formula is C27H29F3N4O5. The van der Waals surface area contributed by atoms with Crippen LogP contribution in [-0.4, -0.2) is 54.9 Å². The number of carboxylic acids is 1. The van der Waals surface area contributed by atoms with Crippen LogP contribution in [0.4, 0.5) is 13.2 Å². The van der Waals surface area contributed by atoms with Gasteiger partial charge < -0.3 is 19.3 Å². The summed E-state index contributed by atoms with van der Waals surface area (Å²) < 4.78 is 58.0. The molecule has 2 aromatic carbocycles. The van der Waals surface area contributed by atoms with Crippen molar-refractivity contribution in [3.8, 4) is 17.2 Å². The van der Waals surface area contributed by atoms with Gasteiger partial charge in [-0.1, -0.05) is 11.2 Å². The maximum absolute atomic E-state index is 13.7. The van der Waals surface area contributed by atoms with Crippen LogP contribution in [0.2, 0.25) is 0 Å². The number of halogens is 3. The molecule has 0 bridgehead atoms. The molecule has 0 amide bonds. The number of aliphatic carboxylic acids is 1. The summed E-state index contributed by atoms with van der Waals surface area (Å²) in [6, 6.07) is 8.95. The number of benzene rings is 2. The van der Waals surface area contributed by atoms with Crippen LogP contribution in [0.15, 0.2) is 47.1 Å². The standard InChI is InChI=1S/C27H29F3N4O5/c1-17(12-32-33-31)39-24-7-4-18(10-23(24)27(28,29)30)15-37-22-6-5-20-9-19(16-38-25(20)11-22)13-34-8-2-3-21(14-34)26(35)36/h4-7,9-11,17,21H,2-3,8,12-16H2,1H3,(H,35,36)/t17?,21-/m0/s1. The van der Waals surface area contributed by atoms with E-state index < -0.39 is 23.8 Å². The van der Waals surface area contributed by atoms with Crippen molar-refractivity contribution in [3.63, 3.8) is 0 Å². The Morgan fingerprint density at radius 3 is 2.87 bits per heavy atom. The number of likely N-dealkylation sites (tertiary alicyclic amines) is 1. The average Bonchev–Trinajstić information content (AvgIpc) is 2.90. The van der Waals surface area contributed by atoms with E-state index in [2.05, 4.69) is 14.9 Å². The van der Waals surface area contributed by atoms with Crippen LogP contribution in [-0.2, 0) is 17.6 Å². The van der Waals surface area contributed by atoms with Gasteiger partial charge in [-0.25, -0.2) is 0 Å². The van der Waals surface area contributed by atoms with E-state index in [-0.39, 0.29) is 24.8 Å². The predicted molar refractivity (Wildman–Crippen MR) is 137 cm³/mol. The molecule has 0 aliphatic carbocycles. The molecular weight excluding hydrogens is 517 g/mol. The first kappa shape index (κ1) is 28.1. The van der Waals surface area contributed by atoms with Gasteiger partial charge in [0.2, 0.25) is 0 Å². The van der Waals surface area contributed by atoms with Crippen molar-refractivity contribution in [1.82, 2.24) is 4.90 Å². The van der Waals surface area contributed by atoms with Gasteiger partial charge in [0, 0.05) is 29.6 Å². The SMILES string of the molecule is CC(CN=[N+]=[N-])Oc1ccc(COc2ccc3c(c2)OCC(CN2CCC[C@H](C(=O)O)C2)=C3)cc1C(F)(F)F. The van der Waals surface area contributed by atoms with Gasteiger partial charge in [0.05, 0.1) is 18.0 Å². The maximum atomic E-state index is 13.7. The molecule has 2 atom stereocenters. The Hall–Kier alpha value is -3.89. The molecule has 2 aromatic rings. The Kier molecular flexibility index (Phi) is 8.88. The Balaban J connectivity index is 1.39. The lowest BCUT2D eigenvalue weighted by molar-refractivity contribution is -0.143. The number of carboxylic acid groups (broad SMARTS) is 1. The summed E-state index contributed by atoms with van der Waals surface area (Å²) in [6.45, 7) is 3.68. The van der Waals surface area contributed by atoms with E-state index in [9.17, 15) is 23.1 Å². The second kappa shape index (κ2) is 12.3. The Bertz CT molecular complexity index is 1280. The van der Waals surface area contributed by atoms with Gasteiger partial charge in [0.15, 0.2) is 0 Å². The van der Waals surface area contributed by atoms with E-state index in [0.29, 0.717) is 43.2 Å². The number of hydrogen-bond acceptors (Lipinski definition) is 6. The van der Waals surface area contributed by atoms with Gasteiger partial charge in [-0.15, -0.1) is 0 Å². The van der Waals surface area contributed by atoms with Crippen molar-refractivity contribution in [1.29, 1.82) is 0 Å². The fourth-order valence-electron chi connectivity index (χ4n) is 4.62. The van der Waals surface area contributed by atoms with E-state index >= 15 is 0 Å². The summed E-state index contributed by atoms with van der Waals surface area (Å²) in [7, 11) is 0. The first-order valence-corrected chi connectivity index (χ1v) is 12.5. The molecule has 0 saturated carbocycles. The topological polar surface area (TPSA) is 117 Å². The molecule has 1 saturated heterocycles. The van der Waals surface area contributed by atoms with E-state index in [4.69, 9.17) is 19.7 Å². The summed E-state index contributed by atoms with van der Waals surface area (Å²) in [5, 5.41) is 12.6. The molecule has 2 aliphatic heterocycles. The summed E-state index contributed by atoms with van der Waals surface area (Å²) in [5.41, 5.74) is 9.65. The lowest BCUT2D eigenvalue weighted by Gasteiger charge is -2.32. The van der Waals surface area contributed by atoms with Crippen LogP contribution in [0.5, 0.6) is 17.2 Å². The first-order chi connectivity index (χ1) is 18.6. The highest BCUT2D eigenvalue weighted by atomic mass is 19.4. The summed E-state index contributed by atoms with van der Waals surface area (Å²) >= 11 is 0. The lowest BCUT2D eigenvalue weighted by Crippen LogP contribution is -2.40. The van der Waals surface area contributed by atoms with Gasteiger partial charge in [-0.2, -0.15) is 13.2 Å². The highest BCUT2D eigenvalue weighted by Crippen LogP contribution is 2.38. The first-order valence-electron chi connectivity index (χ1n) is 12.5. The molecule has 0 radical (unpaired) electrons.